The van der Waals surface area contributed by atoms with Gasteiger partial charge in [-0.05, 0) is 38.6 Å². The maximum absolute atomic E-state index is 12.4. The number of aliphatic hydroxyl groups excluding tert-OH is 1. The van der Waals surface area contributed by atoms with Crippen LogP contribution in [0.2, 0.25) is 0 Å². The van der Waals surface area contributed by atoms with Crippen LogP contribution in [0.3, 0.4) is 0 Å². The van der Waals surface area contributed by atoms with E-state index in [0.717, 1.165) is 0 Å². The Hall–Kier alpha value is -2.97. The minimum Gasteiger partial charge on any atom is -0.480 e. The van der Waals surface area contributed by atoms with Crippen LogP contribution in [0.25, 0.3) is 0 Å². The van der Waals surface area contributed by atoms with Gasteiger partial charge in [0.1, 0.15) is 18.1 Å². The molecule has 0 bridgehead atoms. The fraction of sp³-hybridized carbons (Fsp3) is 0.706. The molecule has 0 spiro atoms. The second-order valence-corrected chi connectivity index (χ2v) is 6.76. The molecule has 0 radical (unpaired) electrons. The van der Waals surface area contributed by atoms with Crippen LogP contribution in [0.1, 0.15) is 32.1 Å². The summed E-state index contributed by atoms with van der Waals surface area (Å²) in [7, 11) is 0. The summed E-state index contributed by atoms with van der Waals surface area (Å²) in [6, 6.07) is -3.36. The molecule has 0 saturated heterocycles. The van der Waals surface area contributed by atoms with E-state index >= 15 is 0 Å². The molecule has 3 atom stereocenters. The Kier molecular flexibility index (Phi) is 14.3. The van der Waals surface area contributed by atoms with Gasteiger partial charge in [0.05, 0.1) is 13.2 Å². The normalized spacial score (nSPS) is 13.4. The predicted molar refractivity (Wildman–Crippen MR) is 112 cm³/mol. The SMILES string of the molecule is NCCCC[C@H](NC(=O)[C@@H](N)CO)C(=O)NCC(=O)N[C@@H](CCCN=C(N)N)C(=O)O. The molecule has 14 nitrogen and oxygen atoms in total. The molecule has 0 fully saturated rings. The molecule has 0 aromatic carbocycles. The second kappa shape index (κ2) is 15.8. The van der Waals surface area contributed by atoms with Crippen molar-refractivity contribution in [3.63, 3.8) is 0 Å². The van der Waals surface area contributed by atoms with E-state index in [-0.39, 0.29) is 25.3 Å². The quantitative estimate of drug-likeness (QED) is 0.0624. The molecule has 31 heavy (non-hydrogen) atoms. The van der Waals surface area contributed by atoms with E-state index in [2.05, 4.69) is 20.9 Å². The fourth-order valence-electron chi connectivity index (χ4n) is 2.42. The number of nitrogens with two attached hydrogens (primary N) is 4. The number of amides is 3. The number of hydrogen-bond donors (Lipinski definition) is 9. The van der Waals surface area contributed by atoms with Crippen LogP contribution < -0.4 is 38.9 Å². The molecule has 0 rings (SSSR count). The van der Waals surface area contributed by atoms with E-state index in [9.17, 15) is 24.3 Å². The molecule has 0 aliphatic rings. The van der Waals surface area contributed by atoms with Gasteiger partial charge in [-0.25, -0.2) is 4.79 Å². The molecule has 0 unspecified atom stereocenters. The Morgan fingerprint density at radius 2 is 1.58 bits per heavy atom. The van der Waals surface area contributed by atoms with E-state index in [1.54, 1.807) is 0 Å². The maximum Gasteiger partial charge on any atom is 0.326 e. The van der Waals surface area contributed by atoms with Gasteiger partial charge in [0.2, 0.25) is 17.7 Å². The van der Waals surface area contributed by atoms with Gasteiger partial charge in [-0.3, -0.25) is 19.4 Å². The molecule has 14 heteroatoms. The van der Waals surface area contributed by atoms with Crippen molar-refractivity contribution in [3.8, 4) is 0 Å². The number of rotatable bonds is 16. The van der Waals surface area contributed by atoms with Gasteiger partial charge >= 0.3 is 5.97 Å². The topological polar surface area (TPSA) is 261 Å². The van der Waals surface area contributed by atoms with Gasteiger partial charge in [0, 0.05) is 6.54 Å². The molecule has 0 aromatic rings. The number of unbranched alkanes of at least 4 members (excludes halogenated alkanes) is 1. The molecular weight excluding hydrogens is 412 g/mol. The van der Waals surface area contributed by atoms with Crippen LogP contribution in [0.4, 0.5) is 0 Å². The van der Waals surface area contributed by atoms with Crippen molar-refractivity contribution >= 4 is 29.7 Å². The van der Waals surface area contributed by atoms with Gasteiger partial charge in [-0.2, -0.15) is 0 Å². The standard InChI is InChI=1S/C17H34N8O6/c18-6-2-1-4-11(25-14(28)10(19)9-26)15(29)23-8-13(27)24-12(16(30)31)5-3-7-22-17(20)21/h10-12,26H,1-9,18-19H2,(H,23,29)(H,24,27)(H,25,28)(H,30,31)(H4,20,21,22)/t10-,11-,12-/m0/s1. The number of aliphatic imine (C=N–C) groups is 1. The Labute approximate surface area is 180 Å². The summed E-state index contributed by atoms with van der Waals surface area (Å²) in [5.74, 6) is -3.44. The number of carboxylic acid groups (broad SMARTS) is 1. The summed E-state index contributed by atoms with van der Waals surface area (Å²) in [6.45, 7) is -0.476. The van der Waals surface area contributed by atoms with Crippen molar-refractivity contribution in [2.45, 2.75) is 50.2 Å². The lowest BCUT2D eigenvalue weighted by atomic mass is 10.1. The lowest BCUT2D eigenvalue weighted by Gasteiger charge is -2.20. The van der Waals surface area contributed by atoms with E-state index in [1.165, 1.54) is 0 Å². The van der Waals surface area contributed by atoms with Crippen molar-refractivity contribution in [1.82, 2.24) is 16.0 Å². The Balaban J connectivity index is 4.72. The zero-order valence-electron chi connectivity index (χ0n) is 17.4. The summed E-state index contributed by atoms with van der Waals surface area (Å²) in [5, 5.41) is 25.2. The fourth-order valence-corrected chi connectivity index (χ4v) is 2.42. The maximum atomic E-state index is 12.4. The number of carbonyl (C=O) groups excluding carboxylic acids is 3. The van der Waals surface area contributed by atoms with Gasteiger partial charge < -0.3 is 49.1 Å². The number of nitrogens with zero attached hydrogens (tertiary/aromatic N) is 1. The van der Waals surface area contributed by atoms with Crippen molar-refractivity contribution in [2.75, 3.05) is 26.2 Å². The number of aliphatic hydroxyl groups is 1. The minimum atomic E-state index is -1.24. The van der Waals surface area contributed by atoms with E-state index < -0.39 is 55.0 Å². The van der Waals surface area contributed by atoms with Crippen LogP contribution in [0, 0.1) is 0 Å². The van der Waals surface area contributed by atoms with Crippen LogP contribution in [-0.2, 0) is 19.2 Å². The highest BCUT2D eigenvalue weighted by atomic mass is 16.4. The molecule has 0 aliphatic heterocycles. The average molecular weight is 447 g/mol. The zero-order valence-corrected chi connectivity index (χ0v) is 17.4. The van der Waals surface area contributed by atoms with Crippen molar-refractivity contribution in [3.05, 3.63) is 0 Å². The highest BCUT2D eigenvalue weighted by Crippen LogP contribution is 2.02. The van der Waals surface area contributed by atoms with E-state index in [1.807, 2.05) is 0 Å². The van der Waals surface area contributed by atoms with Crippen molar-refractivity contribution in [1.29, 1.82) is 0 Å². The monoisotopic (exact) mass is 446 g/mol. The van der Waals surface area contributed by atoms with Crippen LogP contribution in [0.15, 0.2) is 4.99 Å². The largest absolute Gasteiger partial charge is 0.480 e. The highest BCUT2D eigenvalue weighted by molar-refractivity contribution is 5.92. The second-order valence-electron chi connectivity index (χ2n) is 6.76. The lowest BCUT2D eigenvalue weighted by molar-refractivity contribution is -0.142. The van der Waals surface area contributed by atoms with Gasteiger partial charge in [-0.15, -0.1) is 0 Å². The van der Waals surface area contributed by atoms with Crippen molar-refractivity contribution < 1.29 is 29.4 Å². The summed E-state index contributed by atoms with van der Waals surface area (Å²) < 4.78 is 0. The van der Waals surface area contributed by atoms with Crippen LogP contribution >= 0.6 is 0 Å². The van der Waals surface area contributed by atoms with Gasteiger partial charge in [0.25, 0.3) is 0 Å². The van der Waals surface area contributed by atoms with Gasteiger partial charge in [0.15, 0.2) is 5.96 Å². The molecule has 0 saturated carbocycles. The van der Waals surface area contributed by atoms with Crippen LogP contribution in [0.5, 0.6) is 0 Å². The Bertz CT molecular complexity index is 626. The Morgan fingerprint density at radius 1 is 0.935 bits per heavy atom. The third-order valence-corrected chi connectivity index (χ3v) is 4.12. The lowest BCUT2D eigenvalue weighted by Crippen LogP contribution is -2.54. The zero-order chi connectivity index (χ0) is 23.8. The molecule has 0 aromatic heterocycles. The molecule has 13 N–H and O–H groups in total. The first-order valence-corrected chi connectivity index (χ1v) is 9.84. The molecule has 3 amide bonds. The summed E-state index contributed by atoms with van der Waals surface area (Å²) in [6.07, 6.45) is 1.81. The number of carboxylic acids is 1. The third-order valence-electron chi connectivity index (χ3n) is 4.12. The number of guanidine groups is 1. The van der Waals surface area contributed by atoms with E-state index in [4.69, 9.17) is 28.0 Å². The molecular formula is C17H34N8O6. The first-order valence-electron chi connectivity index (χ1n) is 9.84. The summed E-state index contributed by atoms with van der Waals surface area (Å²) in [5.41, 5.74) is 21.2. The highest BCUT2D eigenvalue weighted by Gasteiger charge is 2.24. The predicted octanol–water partition coefficient (Wildman–Crippen LogP) is -4.34. The number of aliphatic carboxylic acids is 1. The van der Waals surface area contributed by atoms with Gasteiger partial charge in [-0.1, -0.05) is 0 Å². The number of hydrogen-bond acceptors (Lipinski definition) is 8. The third kappa shape index (κ3) is 13.0. The molecule has 0 aliphatic carbocycles. The van der Waals surface area contributed by atoms with E-state index in [0.29, 0.717) is 25.8 Å². The molecule has 178 valence electrons. The number of nitrogens with one attached hydrogen (secondary N) is 3. The first-order chi connectivity index (χ1) is 14.6. The Morgan fingerprint density at radius 3 is 2.13 bits per heavy atom. The average Bonchev–Trinajstić information content (AvgIpc) is 2.72. The van der Waals surface area contributed by atoms with Crippen LogP contribution in [-0.4, -0.2) is 84.2 Å². The minimum absolute atomic E-state index is 0.0859. The number of carbonyl (C=O) groups is 4. The summed E-state index contributed by atoms with van der Waals surface area (Å²) in [4.78, 5) is 51.3. The molecule has 0 heterocycles. The van der Waals surface area contributed by atoms with Crippen molar-refractivity contribution in [2.24, 2.45) is 27.9 Å². The summed E-state index contributed by atoms with van der Waals surface area (Å²) >= 11 is 0. The smallest absolute Gasteiger partial charge is 0.326 e. The first kappa shape index (κ1) is 28.0.